The SMILES string of the molecule is CN(C)c1ccc(C=CC(=O)c2ccc(N)c(Cl)c2Cl)cc1. The van der Waals surface area contributed by atoms with Gasteiger partial charge in [-0.3, -0.25) is 4.79 Å². The first-order valence-corrected chi connectivity index (χ1v) is 7.39. The van der Waals surface area contributed by atoms with E-state index >= 15 is 0 Å². The van der Waals surface area contributed by atoms with Crippen molar-refractivity contribution in [3.8, 4) is 0 Å². The molecule has 0 amide bonds. The molecule has 2 rings (SSSR count). The molecule has 0 bridgehead atoms. The smallest absolute Gasteiger partial charge is 0.187 e. The molecule has 0 aliphatic rings. The number of anilines is 2. The Balaban J connectivity index is 2.20. The largest absolute Gasteiger partial charge is 0.397 e. The topological polar surface area (TPSA) is 46.3 Å². The first kappa shape index (κ1) is 16.4. The van der Waals surface area contributed by atoms with Gasteiger partial charge in [0, 0.05) is 25.3 Å². The second kappa shape index (κ2) is 6.86. The zero-order valence-electron chi connectivity index (χ0n) is 12.3. The summed E-state index contributed by atoms with van der Waals surface area (Å²) in [5, 5.41) is 0.385. The van der Waals surface area contributed by atoms with E-state index in [9.17, 15) is 4.79 Å². The van der Waals surface area contributed by atoms with E-state index < -0.39 is 0 Å². The van der Waals surface area contributed by atoms with Gasteiger partial charge < -0.3 is 10.6 Å². The summed E-state index contributed by atoms with van der Waals surface area (Å²) >= 11 is 12.0. The van der Waals surface area contributed by atoms with E-state index in [2.05, 4.69) is 0 Å². The van der Waals surface area contributed by atoms with Crippen molar-refractivity contribution in [2.45, 2.75) is 0 Å². The molecule has 0 atom stereocenters. The number of hydrogen-bond acceptors (Lipinski definition) is 3. The third-order valence-electron chi connectivity index (χ3n) is 3.21. The fourth-order valence-corrected chi connectivity index (χ4v) is 2.33. The maximum atomic E-state index is 12.2. The van der Waals surface area contributed by atoms with Crippen LogP contribution in [-0.4, -0.2) is 19.9 Å². The van der Waals surface area contributed by atoms with Gasteiger partial charge in [0.05, 0.1) is 15.7 Å². The highest BCUT2D eigenvalue weighted by Crippen LogP contribution is 2.31. The number of allylic oxidation sites excluding steroid dienone is 1. The van der Waals surface area contributed by atoms with Gasteiger partial charge in [0.1, 0.15) is 0 Å². The molecule has 0 saturated carbocycles. The van der Waals surface area contributed by atoms with Gasteiger partial charge in [-0.15, -0.1) is 0 Å². The van der Waals surface area contributed by atoms with Crippen molar-refractivity contribution < 1.29 is 4.79 Å². The highest BCUT2D eigenvalue weighted by atomic mass is 35.5. The molecule has 0 saturated heterocycles. The highest BCUT2D eigenvalue weighted by Gasteiger charge is 2.12. The minimum absolute atomic E-state index is 0.180. The van der Waals surface area contributed by atoms with E-state index in [1.807, 2.05) is 43.3 Å². The number of nitrogens with two attached hydrogens (primary N) is 1. The summed E-state index contributed by atoms with van der Waals surface area (Å²) in [4.78, 5) is 14.2. The Hall–Kier alpha value is -1.97. The predicted molar refractivity (Wildman–Crippen MR) is 95.0 cm³/mol. The summed E-state index contributed by atoms with van der Waals surface area (Å²) in [6, 6.07) is 11.0. The molecule has 22 heavy (non-hydrogen) atoms. The molecular formula is C17H16Cl2N2O. The van der Waals surface area contributed by atoms with Crippen LogP contribution in [0.4, 0.5) is 11.4 Å². The van der Waals surface area contributed by atoms with E-state index in [0.717, 1.165) is 11.3 Å². The zero-order valence-corrected chi connectivity index (χ0v) is 13.8. The maximum absolute atomic E-state index is 12.2. The number of hydrogen-bond donors (Lipinski definition) is 1. The molecule has 3 nitrogen and oxygen atoms in total. The summed E-state index contributed by atoms with van der Waals surface area (Å²) in [5.74, 6) is -0.219. The van der Waals surface area contributed by atoms with Gasteiger partial charge in [0.2, 0.25) is 0 Å². The number of halogens is 2. The Morgan fingerprint density at radius 1 is 1.05 bits per heavy atom. The quantitative estimate of drug-likeness (QED) is 0.507. The molecule has 0 aliphatic carbocycles. The van der Waals surface area contributed by atoms with Gasteiger partial charge in [-0.05, 0) is 35.9 Å². The lowest BCUT2D eigenvalue weighted by molar-refractivity contribution is 0.104. The van der Waals surface area contributed by atoms with Crippen LogP contribution in [0.2, 0.25) is 10.0 Å². The van der Waals surface area contributed by atoms with Crippen molar-refractivity contribution in [3.63, 3.8) is 0 Å². The second-order valence-electron chi connectivity index (χ2n) is 5.01. The normalized spacial score (nSPS) is 10.9. The third-order valence-corrected chi connectivity index (χ3v) is 4.11. The van der Waals surface area contributed by atoms with E-state index in [0.29, 0.717) is 11.3 Å². The number of nitrogens with zero attached hydrogens (tertiary/aromatic N) is 1. The number of carbonyl (C=O) groups is 1. The second-order valence-corrected chi connectivity index (χ2v) is 5.77. The van der Waals surface area contributed by atoms with Crippen LogP contribution in [0.3, 0.4) is 0 Å². The summed E-state index contributed by atoms with van der Waals surface area (Å²) in [5.41, 5.74) is 8.35. The molecule has 0 aliphatic heterocycles. The zero-order chi connectivity index (χ0) is 16.3. The van der Waals surface area contributed by atoms with Crippen LogP contribution in [0.1, 0.15) is 15.9 Å². The Kier molecular flexibility index (Phi) is 5.11. The average Bonchev–Trinajstić information content (AvgIpc) is 2.51. The van der Waals surface area contributed by atoms with Crippen molar-refractivity contribution >= 4 is 46.4 Å². The molecule has 114 valence electrons. The predicted octanol–water partition coefficient (Wildman–Crippen LogP) is 4.54. The Morgan fingerprint density at radius 2 is 1.68 bits per heavy atom. The summed E-state index contributed by atoms with van der Waals surface area (Å²) < 4.78 is 0. The molecule has 0 heterocycles. The van der Waals surface area contributed by atoms with Gasteiger partial charge in [0.25, 0.3) is 0 Å². The molecule has 2 aromatic rings. The first-order chi connectivity index (χ1) is 10.4. The first-order valence-electron chi connectivity index (χ1n) is 6.63. The van der Waals surface area contributed by atoms with Crippen LogP contribution < -0.4 is 10.6 Å². The van der Waals surface area contributed by atoms with E-state index in [1.54, 1.807) is 18.2 Å². The molecule has 5 heteroatoms. The Bertz CT molecular complexity index is 722. The van der Waals surface area contributed by atoms with Crippen LogP contribution in [-0.2, 0) is 0 Å². The van der Waals surface area contributed by atoms with Crippen molar-refractivity contribution in [2.75, 3.05) is 24.7 Å². The van der Waals surface area contributed by atoms with Crippen LogP contribution in [0.15, 0.2) is 42.5 Å². The van der Waals surface area contributed by atoms with Crippen molar-refractivity contribution in [3.05, 3.63) is 63.6 Å². The van der Waals surface area contributed by atoms with Gasteiger partial charge in [-0.2, -0.15) is 0 Å². The summed E-state index contributed by atoms with van der Waals surface area (Å²) in [6.45, 7) is 0. The maximum Gasteiger partial charge on any atom is 0.187 e. The van der Waals surface area contributed by atoms with Gasteiger partial charge in [0.15, 0.2) is 5.78 Å². The fraction of sp³-hybridized carbons (Fsp3) is 0.118. The van der Waals surface area contributed by atoms with E-state index in [-0.39, 0.29) is 15.8 Å². The van der Waals surface area contributed by atoms with Crippen LogP contribution in [0.25, 0.3) is 6.08 Å². The lowest BCUT2D eigenvalue weighted by Crippen LogP contribution is -2.07. The molecule has 0 spiro atoms. The molecular weight excluding hydrogens is 319 g/mol. The number of carbonyl (C=O) groups excluding carboxylic acids is 1. The number of benzene rings is 2. The third kappa shape index (κ3) is 3.62. The lowest BCUT2D eigenvalue weighted by Gasteiger charge is -2.11. The van der Waals surface area contributed by atoms with Gasteiger partial charge in [-0.1, -0.05) is 41.4 Å². The van der Waals surface area contributed by atoms with Crippen molar-refractivity contribution in [2.24, 2.45) is 0 Å². The van der Waals surface area contributed by atoms with E-state index in [4.69, 9.17) is 28.9 Å². The number of ketones is 1. The molecule has 0 unspecified atom stereocenters. The standard InChI is InChI=1S/C17H16Cl2N2O/c1-21(2)12-6-3-11(4-7-12)5-10-15(22)13-8-9-14(20)17(19)16(13)18/h3-10H,20H2,1-2H3. The minimum atomic E-state index is -0.219. The average molecular weight is 335 g/mol. The van der Waals surface area contributed by atoms with Crippen molar-refractivity contribution in [1.82, 2.24) is 0 Å². The van der Waals surface area contributed by atoms with Crippen LogP contribution in [0, 0.1) is 0 Å². The van der Waals surface area contributed by atoms with Gasteiger partial charge in [-0.25, -0.2) is 0 Å². The molecule has 0 radical (unpaired) electrons. The van der Waals surface area contributed by atoms with Gasteiger partial charge >= 0.3 is 0 Å². The van der Waals surface area contributed by atoms with E-state index in [1.165, 1.54) is 6.08 Å². The Morgan fingerprint density at radius 3 is 2.27 bits per heavy atom. The highest BCUT2D eigenvalue weighted by molar-refractivity contribution is 6.45. The lowest BCUT2D eigenvalue weighted by atomic mass is 10.1. The minimum Gasteiger partial charge on any atom is -0.397 e. The number of nitrogen functional groups attached to an aromatic ring is 1. The van der Waals surface area contributed by atoms with Crippen LogP contribution in [0.5, 0.6) is 0 Å². The fourth-order valence-electron chi connectivity index (χ4n) is 1.90. The summed E-state index contributed by atoms with van der Waals surface area (Å²) in [6.07, 6.45) is 3.21. The molecule has 0 aromatic heterocycles. The number of rotatable bonds is 4. The van der Waals surface area contributed by atoms with Crippen molar-refractivity contribution in [1.29, 1.82) is 0 Å². The molecule has 2 N–H and O–H groups in total. The monoisotopic (exact) mass is 334 g/mol. The molecule has 2 aromatic carbocycles. The molecule has 0 fully saturated rings. The summed E-state index contributed by atoms with van der Waals surface area (Å²) in [7, 11) is 3.95. The Labute approximate surface area is 139 Å². The van der Waals surface area contributed by atoms with Crippen LogP contribution >= 0.6 is 23.2 Å².